The zero-order valence-electron chi connectivity index (χ0n) is 16.9. The number of piperidine rings is 1. The molecule has 1 unspecified atom stereocenters. The highest BCUT2D eigenvalue weighted by molar-refractivity contribution is 5.93. The Morgan fingerprint density at radius 3 is 2.83 bits per heavy atom. The number of hydrogen-bond acceptors (Lipinski definition) is 3. The third-order valence-corrected chi connectivity index (χ3v) is 5.32. The highest BCUT2D eigenvalue weighted by Crippen LogP contribution is 2.19. The van der Waals surface area contributed by atoms with Gasteiger partial charge in [-0.1, -0.05) is 38.3 Å². The predicted octanol–water partition coefficient (Wildman–Crippen LogP) is 3.56. The number of carbonyl (C=O) groups excluding carboxylic acids is 2. The van der Waals surface area contributed by atoms with Crippen LogP contribution >= 0.6 is 0 Å². The second kappa shape index (κ2) is 10.2. The van der Waals surface area contributed by atoms with E-state index >= 15 is 0 Å². The summed E-state index contributed by atoms with van der Waals surface area (Å²) in [5.74, 6) is -0.785. The number of rotatable bonds is 8. The molecule has 0 saturated carbocycles. The number of carbonyl (C=O) groups is 2. The number of unbranched alkanes of at least 4 members (excludes halogenated alkanes) is 3. The van der Waals surface area contributed by atoms with E-state index in [1.54, 1.807) is 35.4 Å². The van der Waals surface area contributed by atoms with Crippen molar-refractivity contribution in [1.82, 2.24) is 20.0 Å². The van der Waals surface area contributed by atoms with Gasteiger partial charge in [-0.25, -0.2) is 9.07 Å². The van der Waals surface area contributed by atoms with E-state index in [9.17, 15) is 14.0 Å². The molecule has 0 aliphatic carbocycles. The summed E-state index contributed by atoms with van der Waals surface area (Å²) in [6.45, 7) is 3.85. The van der Waals surface area contributed by atoms with Crippen molar-refractivity contribution < 1.29 is 14.0 Å². The molecular formula is C22H29FN4O2. The monoisotopic (exact) mass is 400 g/mol. The van der Waals surface area contributed by atoms with Crippen molar-refractivity contribution in [3.8, 4) is 5.69 Å². The van der Waals surface area contributed by atoms with E-state index in [0.717, 1.165) is 25.7 Å². The fraction of sp³-hybridized carbons (Fsp3) is 0.500. The lowest BCUT2D eigenvalue weighted by Crippen LogP contribution is -2.45. The minimum atomic E-state index is -0.400. The Bertz CT molecular complexity index is 836. The van der Waals surface area contributed by atoms with Crippen LogP contribution in [0.1, 0.15) is 55.9 Å². The maximum Gasteiger partial charge on any atom is 0.274 e. The van der Waals surface area contributed by atoms with Gasteiger partial charge in [0, 0.05) is 25.8 Å². The van der Waals surface area contributed by atoms with E-state index in [2.05, 4.69) is 17.3 Å². The summed E-state index contributed by atoms with van der Waals surface area (Å²) in [7, 11) is 0. The maximum atomic E-state index is 14.0. The van der Waals surface area contributed by atoms with Gasteiger partial charge in [0.1, 0.15) is 11.5 Å². The first-order chi connectivity index (χ1) is 14.1. The number of nitrogens with one attached hydrogen (secondary N) is 1. The molecule has 1 saturated heterocycles. The van der Waals surface area contributed by atoms with Crippen molar-refractivity contribution in [2.75, 3.05) is 19.6 Å². The first-order valence-electron chi connectivity index (χ1n) is 10.5. The summed E-state index contributed by atoms with van der Waals surface area (Å²) in [6, 6.07) is 7.88. The molecule has 1 atom stereocenters. The van der Waals surface area contributed by atoms with Gasteiger partial charge in [0.05, 0.1) is 5.92 Å². The molecule has 0 radical (unpaired) electrons. The molecule has 1 aliphatic heterocycles. The highest BCUT2D eigenvalue weighted by atomic mass is 19.1. The molecule has 0 bridgehead atoms. The fourth-order valence-corrected chi connectivity index (χ4v) is 3.66. The molecule has 1 fully saturated rings. The van der Waals surface area contributed by atoms with Crippen LogP contribution in [0.5, 0.6) is 0 Å². The summed E-state index contributed by atoms with van der Waals surface area (Å²) >= 11 is 0. The third kappa shape index (κ3) is 5.43. The van der Waals surface area contributed by atoms with Crippen LogP contribution in [0.4, 0.5) is 4.39 Å². The summed E-state index contributed by atoms with van der Waals surface area (Å²) in [5, 5.41) is 7.25. The Morgan fingerprint density at radius 1 is 1.21 bits per heavy atom. The topological polar surface area (TPSA) is 67.2 Å². The fourth-order valence-electron chi connectivity index (χ4n) is 3.66. The third-order valence-electron chi connectivity index (χ3n) is 5.32. The van der Waals surface area contributed by atoms with Gasteiger partial charge in [0.2, 0.25) is 5.91 Å². The molecule has 3 rings (SSSR count). The summed E-state index contributed by atoms with van der Waals surface area (Å²) < 4.78 is 15.3. The van der Waals surface area contributed by atoms with Gasteiger partial charge in [-0.2, -0.15) is 5.10 Å². The average Bonchev–Trinajstić information content (AvgIpc) is 3.23. The van der Waals surface area contributed by atoms with Gasteiger partial charge in [0.25, 0.3) is 5.91 Å². The molecular weight excluding hydrogens is 371 g/mol. The van der Waals surface area contributed by atoms with E-state index < -0.39 is 5.82 Å². The van der Waals surface area contributed by atoms with Crippen LogP contribution in [0.2, 0.25) is 0 Å². The molecule has 2 heterocycles. The van der Waals surface area contributed by atoms with Gasteiger partial charge in [0.15, 0.2) is 5.69 Å². The van der Waals surface area contributed by atoms with Gasteiger partial charge >= 0.3 is 0 Å². The number of benzene rings is 1. The second-order valence-corrected chi connectivity index (χ2v) is 7.54. The van der Waals surface area contributed by atoms with Crippen LogP contribution in [-0.2, 0) is 4.79 Å². The van der Waals surface area contributed by atoms with Gasteiger partial charge in [-0.05, 0) is 37.5 Å². The average molecular weight is 400 g/mol. The van der Waals surface area contributed by atoms with E-state index in [-0.39, 0.29) is 23.4 Å². The Balaban J connectivity index is 1.57. The van der Waals surface area contributed by atoms with E-state index in [0.29, 0.717) is 25.3 Å². The lowest BCUT2D eigenvalue weighted by atomic mass is 9.96. The van der Waals surface area contributed by atoms with Crippen molar-refractivity contribution in [1.29, 1.82) is 0 Å². The lowest BCUT2D eigenvalue weighted by Gasteiger charge is -2.31. The number of amides is 2. The molecule has 1 aromatic carbocycles. The highest BCUT2D eigenvalue weighted by Gasteiger charge is 2.29. The molecule has 29 heavy (non-hydrogen) atoms. The van der Waals surface area contributed by atoms with Gasteiger partial charge in [-0.3, -0.25) is 9.59 Å². The van der Waals surface area contributed by atoms with Gasteiger partial charge in [-0.15, -0.1) is 0 Å². The number of likely N-dealkylation sites (tertiary alicyclic amines) is 1. The molecule has 7 heteroatoms. The number of nitrogens with zero attached hydrogens (tertiary/aromatic N) is 3. The standard InChI is InChI=1S/C22H29FN4O2/c1-2-3-4-7-13-24-21(28)17-9-8-14-26(16-17)22(29)19-12-15-27(25-19)20-11-6-5-10-18(20)23/h5-6,10-12,15,17H,2-4,7-9,13-14,16H2,1H3,(H,24,28). The maximum absolute atomic E-state index is 14.0. The molecule has 1 aliphatic rings. The zero-order valence-corrected chi connectivity index (χ0v) is 16.9. The van der Waals surface area contributed by atoms with Crippen LogP contribution < -0.4 is 5.32 Å². The number of aromatic nitrogens is 2. The van der Waals surface area contributed by atoms with E-state index in [1.807, 2.05) is 0 Å². The molecule has 0 spiro atoms. The van der Waals surface area contributed by atoms with Crippen LogP contribution in [0.15, 0.2) is 36.5 Å². The minimum Gasteiger partial charge on any atom is -0.356 e. The SMILES string of the molecule is CCCCCCNC(=O)C1CCCN(C(=O)c2ccn(-c3ccccc3F)n2)C1. The number of para-hydroxylation sites is 1. The van der Waals surface area contributed by atoms with E-state index in [4.69, 9.17) is 0 Å². The summed E-state index contributed by atoms with van der Waals surface area (Å²) in [6.07, 6.45) is 7.61. The minimum absolute atomic E-state index is 0.0240. The van der Waals surface area contributed by atoms with Crippen molar-refractivity contribution in [3.63, 3.8) is 0 Å². The van der Waals surface area contributed by atoms with Crippen molar-refractivity contribution in [2.45, 2.75) is 45.4 Å². The molecule has 2 aromatic rings. The Morgan fingerprint density at radius 2 is 2.03 bits per heavy atom. The van der Waals surface area contributed by atoms with Crippen LogP contribution in [-0.4, -0.2) is 46.1 Å². The molecule has 6 nitrogen and oxygen atoms in total. The predicted molar refractivity (Wildman–Crippen MR) is 109 cm³/mol. The number of hydrogen-bond donors (Lipinski definition) is 1. The lowest BCUT2D eigenvalue weighted by molar-refractivity contribution is -0.126. The van der Waals surface area contributed by atoms with E-state index in [1.165, 1.54) is 23.6 Å². The summed E-state index contributed by atoms with van der Waals surface area (Å²) in [4.78, 5) is 27.0. The smallest absolute Gasteiger partial charge is 0.274 e. The second-order valence-electron chi connectivity index (χ2n) is 7.54. The van der Waals surface area contributed by atoms with Crippen LogP contribution in [0.3, 0.4) is 0 Å². The Labute approximate surface area is 171 Å². The van der Waals surface area contributed by atoms with Crippen molar-refractivity contribution in [3.05, 3.63) is 48.0 Å². The molecule has 1 N–H and O–H groups in total. The first-order valence-corrected chi connectivity index (χ1v) is 10.5. The van der Waals surface area contributed by atoms with Gasteiger partial charge < -0.3 is 10.2 Å². The first kappa shape index (κ1) is 21.0. The molecule has 1 aromatic heterocycles. The van der Waals surface area contributed by atoms with Crippen LogP contribution in [0, 0.1) is 11.7 Å². The van der Waals surface area contributed by atoms with Crippen molar-refractivity contribution >= 4 is 11.8 Å². The normalized spacial score (nSPS) is 16.6. The zero-order chi connectivity index (χ0) is 20.6. The molecule has 156 valence electrons. The Hall–Kier alpha value is -2.70. The number of halogens is 1. The quantitative estimate of drug-likeness (QED) is 0.689. The largest absolute Gasteiger partial charge is 0.356 e. The molecule has 2 amide bonds. The van der Waals surface area contributed by atoms with Crippen LogP contribution in [0.25, 0.3) is 5.69 Å². The van der Waals surface area contributed by atoms with Crippen molar-refractivity contribution in [2.24, 2.45) is 5.92 Å². The summed E-state index contributed by atoms with van der Waals surface area (Å²) in [5.41, 5.74) is 0.555. The Kier molecular flexibility index (Phi) is 7.38.